The monoisotopic (exact) mass is 743 g/mol. The SMILES string of the molecule is C[C@@H]1CC[C@H]2C(CN(CCCCO[C@@]3(C)O[C@@H]4O[C@]5(C)CCC6[C@H](C)CC[C@@H]([C@H]3C)[C@]64OO5)CC(=O)O)=C(C(F)(F)F)O[C@@H]3O[C@]4(C)CCC1[C@]32O4. The average Bonchev–Trinajstić information content (AvgIpc) is 3.13. The number of aliphatic carboxylic acids is 1. The van der Waals surface area contributed by atoms with Crippen LogP contribution in [0.2, 0.25) is 0 Å². The van der Waals surface area contributed by atoms with Gasteiger partial charge in [0.25, 0.3) is 0 Å². The maximum Gasteiger partial charge on any atom is 0.449 e. The molecule has 7 heterocycles. The Morgan fingerprint density at radius 1 is 0.846 bits per heavy atom. The molecule has 2 saturated carbocycles. The minimum atomic E-state index is -4.77. The van der Waals surface area contributed by atoms with Gasteiger partial charge in [-0.3, -0.25) is 9.69 Å². The van der Waals surface area contributed by atoms with Crippen molar-refractivity contribution in [2.75, 3.05) is 26.2 Å². The molecule has 0 aromatic carbocycles. The number of hydrogen-bond donors (Lipinski definition) is 1. The Bertz CT molecular complexity index is 1450. The van der Waals surface area contributed by atoms with Crippen LogP contribution in [0.5, 0.6) is 0 Å². The second kappa shape index (κ2) is 12.8. The van der Waals surface area contributed by atoms with Crippen molar-refractivity contribution in [1.29, 1.82) is 0 Å². The summed E-state index contributed by atoms with van der Waals surface area (Å²) in [7, 11) is 0. The number of fused-ring (bicyclic) bond motifs is 3. The van der Waals surface area contributed by atoms with E-state index in [1.165, 1.54) is 0 Å². The van der Waals surface area contributed by atoms with Crippen molar-refractivity contribution >= 4 is 5.97 Å². The second-order valence-corrected chi connectivity index (χ2v) is 17.8. The number of allylic oxidation sites excluding steroid dienone is 1. The summed E-state index contributed by atoms with van der Waals surface area (Å²) in [6, 6.07) is 0. The Hall–Kier alpha value is -1.52. The molecule has 0 aromatic heterocycles. The molecule has 14 heteroatoms. The number of unbranched alkanes of at least 4 members (excludes halogenated alkanes) is 1. The average molecular weight is 744 g/mol. The number of rotatable bonds is 10. The lowest BCUT2D eigenvalue weighted by Gasteiger charge is -2.62. The van der Waals surface area contributed by atoms with Crippen LogP contribution >= 0.6 is 0 Å². The smallest absolute Gasteiger partial charge is 0.449 e. The number of carboxylic acid groups (broad SMARTS) is 1. The zero-order valence-corrected chi connectivity index (χ0v) is 31.3. The van der Waals surface area contributed by atoms with Crippen LogP contribution in [0, 0.1) is 41.4 Å². The normalized spacial score (nSPS) is 49.3. The standard InChI is InChI=1S/C38H56F3NO10/c1-21-10-12-28-24(30(38(39,40)41)46-31-36(28)25(21)13-15-33(4,47-31)50-36)19-42(20-29(43)44)17-7-8-18-45-35(6)23(3)27-11-9-22(2)26-14-16-34(5)48-32(49-35)37(26,27)52-51-34/h21-23,25-28,31-32H,7-20H2,1-6H3,(H,43,44)/t21-,22-,23-,25?,26?,27+,28+,31-,32+,33+,34+,35+,36-,37-/m1/s1. The van der Waals surface area contributed by atoms with E-state index in [1.54, 1.807) is 11.8 Å². The number of alkyl halides is 3. The molecular weight excluding hydrogens is 687 g/mol. The number of carbonyl (C=O) groups is 1. The van der Waals surface area contributed by atoms with E-state index in [0.29, 0.717) is 44.6 Å². The molecule has 11 nitrogen and oxygen atoms in total. The number of ether oxygens (including phenoxy) is 6. The number of carboxylic acids is 1. The fourth-order valence-electron chi connectivity index (χ4n) is 11.8. The summed E-state index contributed by atoms with van der Waals surface area (Å²) < 4.78 is 82.4. The van der Waals surface area contributed by atoms with Gasteiger partial charge in [0.2, 0.25) is 17.8 Å². The van der Waals surface area contributed by atoms with Gasteiger partial charge in [0.15, 0.2) is 23.5 Å². The lowest BCUT2D eigenvalue weighted by molar-refractivity contribution is -0.585. The van der Waals surface area contributed by atoms with Gasteiger partial charge >= 0.3 is 12.1 Å². The molecule has 9 rings (SSSR count). The lowest BCUT2D eigenvalue weighted by atomic mass is 9.57. The predicted molar refractivity (Wildman–Crippen MR) is 177 cm³/mol. The predicted octanol–water partition coefficient (Wildman–Crippen LogP) is 6.90. The van der Waals surface area contributed by atoms with Crippen molar-refractivity contribution in [3.05, 3.63) is 11.3 Å². The summed E-state index contributed by atoms with van der Waals surface area (Å²) in [5, 5.41) is 9.85. The third kappa shape index (κ3) is 5.78. The van der Waals surface area contributed by atoms with E-state index in [9.17, 15) is 23.1 Å². The summed E-state index contributed by atoms with van der Waals surface area (Å²) in [5.74, 6) is -4.71. The third-order valence-corrected chi connectivity index (χ3v) is 14.5. The van der Waals surface area contributed by atoms with Crippen LogP contribution in [0.15, 0.2) is 11.3 Å². The first-order valence-corrected chi connectivity index (χ1v) is 19.6. The van der Waals surface area contributed by atoms with Crippen molar-refractivity contribution < 1.29 is 61.3 Å². The Kier molecular flexibility index (Phi) is 9.18. The molecule has 14 atom stereocenters. The van der Waals surface area contributed by atoms with E-state index in [4.69, 9.17) is 38.2 Å². The van der Waals surface area contributed by atoms with Crippen LogP contribution in [0.25, 0.3) is 0 Å². The first-order chi connectivity index (χ1) is 24.4. The van der Waals surface area contributed by atoms with Crippen molar-refractivity contribution in [3.63, 3.8) is 0 Å². The quantitative estimate of drug-likeness (QED) is 0.186. The van der Waals surface area contributed by atoms with Crippen LogP contribution in [-0.4, -0.2) is 89.5 Å². The number of hydrogen-bond acceptors (Lipinski definition) is 10. The van der Waals surface area contributed by atoms with Gasteiger partial charge in [-0.15, -0.1) is 0 Å². The van der Waals surface area contributed by atoms with Gasteiger partial charge < -0.3 is 33.5 Å². The number of nitrogens with zero attached hydrogens (tertiary/aromatic N) is 1. The fraction of sp³-hybridized carbons (Fsp3) is 0.921. The van der Waals surface area contributed by atoms with Crippen molar-refractivity contribution in [1.82, 2.24) is 4.90 Å². The summed E-state index contributed by atoms with van der Waals surface area (Å²) in [5.41, 5.74) is -1.67. The fourth-order valence-corrected chi connectivity index (χ4v) is 11.8. The van der Waals surface area contributed by atoms with Gasteiger partial charge in [0.05, 0.1) is 13.2 Å². The Morgan fingerprint density at radius 3 is 2.23 bits per heavy atom. The molecule has 7 aliphatic heterocycles. The largest absolute Gasteiger partial charge is 0.480 e. The second-order valence-electron chi connectivity index (χ2n) is 17.8. The maximum absolute atomic E-state index is 14.7. The Morgan fingerprint density at radius 2 is 1.52 bits per heavy atom. The molecule has 6 saturated heterocycles. The van der Waals surface area contributed by atoms with Gasteiger partial charge in [0, 0.05) is 37.1 Å². The molecule has 294 valence electrons. The van der Waals surface area contributed by atoms with Crippen LogP contribution in [-0.2, 0) is 43.0 Å². The van der Waals surface area contributed by atoms with Gasteiger partial charge in [-0.05, 0) is 108 Å². The van der Waals surface area contributed by atoms with E-state index >= 15 is 0 Å². The van der Waals surface area contributed by atoms with E-state index in [-0.39, 0.29) is 48.3 Å². The third-order valence-electron chi connectivity index (χ3n) is 14.5. The molecule has 9 aliphatic rings. The first-order valence-electron chi connectivity index (χ1n) is 19.6. The zero-order valence-electron chi connectivity index (χ0n) is 31.3. The van der Waals surface area contributed by atoms with Crippen molar-refractivity contribution in [3.8, 4) is 0 Å². The number of halogens is 3. The van der Waals surface area contributed by atoms with E-state index in [1.807, 2.05) is 13.8 Å². The summed E-state index contributed by atoms with van der Waals surface area (Å²) >= 11 is 0. The van der Waals surface area contributed by atoms with Crippen molar-refractivity contribution in [2.24, 2.45) is 41.4 Å². The minimum absolute atomic E-state index is 0.0225. The Balaban J connectivity index is 0.957. The molecule has 8 fully saturated rings. The molecule has 0 radical (unpaired) electrons. The minimum Gasteiger partial charge on any atom is -0.480 e. The van der Waals surface area contributed by atoms with E-state index < -0.39 is 71.5 Å². The topological polar surface area (TPSA) is 114 Å². The summed E-state index contributed by atoms with van der Waals surface area (Å²) in [6.45, 7) is 12.1. The van der Waals surface area contributed by atoms with E-state index in [0.717, 1.165) is 32.1 Å². The summed E-state index contributed by atoms with van der Waals surface area (Å²) in [4.78, 5) is 25.8. The van der Waals surface area contributed by atoms with Crippen LogP contribution < -0.4 is 0 Å². The molecule has 4 bridgehead atoms. The maximum atomic E-state index is 14.7. The molecule has 52 heavy (non-hydrogen) atoms. The molecule has 2 aliphatic carbocycles. The molecular formula is C38H56F3NO10. The highest BCUT2D eigenvalue weighted by atomic mass is 19.4. The molecule has 0 amide bonds. The zero-order chi connectivity index (χ0) is 37.1. The van der Waals surface area contributed by atoms with Gasteiger partial charge in [0.1, 0.15) is 5.60 Å². The van der Waals surface area contributed by atoms with Gasteiger partial charge in [-0.25, -0.2) is 9.78 Å². The van der Waals surface area contributed by atoms with Crippen LogP contribution in [0.4, 0.5) is 13.2 Å². The molecule has 2 unspecified atom stereocenters. The highest BCUT2D eigenvalue weighted by molar-refractivity contribution is 5.69. The lowest BCUT2D eigenvalue weighted by Crippen LogP contribution is -2.72. The van der Waals surface area contributed by atoms with Crippen LogP contribution in [0.3, 0.4) is 0 Å². The Labute approximate surface area is 304 Å². The van der Waals surface area contributed by atoms with Crippen LogP contribution in [0.1, 0.15) is 106 Å². The first kappa shape index (κ1) is 37.4. The molecule has 2 spiro atoms. The molecule has 1 N–H and O–H groups in total. The van der Waals surface area contributed by atoms with Crippen molar-refractivity contribution in [2.45, 2.75) is 153 Å². The van der Waals surface area contributed by atoms with Gasteiger partial charge in [-0.1, -0.05) is 20.8 Å². The van der Waals surface area contributed by atoms with Gasteiger partial charge in [-0.2, -0.15) is 13.2 Å². The highest BCUT2D eigenvalue weighted by Crippen LogP contribution is 2.65. The van der Waals surface area contributed by atoms with E-state index in [2.05, 4.69) is 20.8 Å². The molecule has 0 aromatic rings. The highest BCUT2D eigenvalue weighted by Gasteiger charge is 2.73. The summed E-state index contributed by atoms with van der Waals surface area (Å²) in [6.07, 6.45) is 0.721.